The van der Waals surface area contributed by atoms with Crippen LogP contribution in [-0.2, 0) is 9.47 Å². The Bertz CT molecular complexity index is 421. The van der Waals surface area contributed by atoms with Gasteiger partial charge in [0.05, 0.1) is 24.9 Å². The Morgan fingerprint density at radius 3 is 2.22 bits per heavy atom. The van der Waals surface area contributed by atoms with Crippen LogP contribution in [0.2, 0.25) is 5.02 Å². The quantitative estimate of drug-likeness (QED) is 0.798. The van der Waals surface area contributed by atoms with Gasteiger partial charge in [-0.05, 0) is 57.8 Å². The maximum absolute atomic E-state index is 5.97. The van der Waals surface area contributed by atoms with E-state index in [4.69, 9.17) is 21.1 Å². The summed E-state index contributed by atoms with van der Waals surface area (Å²) >= 11 is 12.9. The molecule has 0 aliphatic carbocycles. The summed E-state index contributed by atoms with van der Waals surface area (Å²) in [4.78, 5) is 0. The van der Waals surface area contributed by atoms with Gasteiger partial charge in [0, 0.05) is 14.0 Å². The van der Waals surface area contributed by atoms with Crippen LogP contribution >= 0.6 is 43.5 Å². The van der Waals surface area contributed by atoms with Crippen molar-refractivity contribution in [3.63, 3.8) is 0 Å². The third-order valence-corrected chi connectivity index (χ3v) is 4.09. The molecule has 1 aliphatic heterocycles. The minimum atomic E-state index is -0.493. The summed E-state index contributed by atoms with van der Waals surface area (Å²) in [6.07, 6.45) is 0. The molecule has 1 fully saturated rings. The highest BCUT2D eigenvalue weighted by Crippen LogP contribution is 2.35. The molecule has 0 spiro atoms. The molecule has 1 aromatic rings. The first-order chi connectivity index (χ1) is 8.37. The SMILES string of the molecule is CC1(C)OCC(Nc2c(Br)cc(Cl)cc2Br)CO1. The van der Waals surface area contributed by atoms with Crippen LogP contribution in [0.3, 0.4) is 0 Å². The van der Waals surface area contributed by atoms with E-state index in [0.29, 0.717) is 18.2 Å². The van der Waals surface area contributed by atoms with E-state index in [1.165, 1.54) is 0 Å². The molecule has 0 bridgehead atoms. The highest BCUT2D eigenvalue weighted by atomic mass is 79.9. The molecule has 0 unspecified atom stereocenters. The van der Waals surface area contributed by atoms with E-state index in [0.717, 1.165) is 14.6 Å². The Labute approximate surface area is 128 Å². The fraction of sp³-hybridized carbons (Fsp3) is 0.500. The molecular formula is C12H14Br2ClNO2. The van der Waals surface area contributed by atoms with Crippen LogP contribution < -0.4 is 5.32 Å². The standard InChI is InChI=1S/C12H14Br2ClNO2/c1-12(2)17-5-8(6-18-12)16-11-9(13)3-7(15)4-10(11)14/h3-4,8,16H,5-6H2,1-2H3. The van der Waals surface area contributed by atoms with Crippen LogP contribution in [0.15, 0.2) is 21.1 Å². The van der Waals surface area contributed by atoms with Crippen molar-refractivity contribution in [1.29, 1.82) is 0 Å². The molecule has 1 N–H and O–H groups in total. The van der Waals surface area contributed by atoms with E-state index in [-0.39, 0.29) is 6.04 Å². The molecule has 0 aromatic heterocycles. The molecular weight excluding hydrogens is 385 g/mol. The zero-order valence-corrected chi connectivity index (χ0v) is 14.0. The molecule has 0 amide bonds. The lowest BCUT2D eigenvalue weighted by Gasteiger charge is -2.35. The average molecular weight is 400 g/mol. The van der Waals surface area contributed by atoms with E-state index < -0.39 is 5.79 Å². The smallest absolute Gasteiger partial charge is 0.162 e. The van der Waals surface area contributed by atoms with Crippen LogP contribution in [0.5, 0.6) is 0 Å². The summed E-state index contributed by atoms with van der Waals surface area (Å²) in [6, 6.07) is 3.82. The molecule has 1 aromatic carbocycles. The van der Waals surface area contributed by atoms with Gasteiger partial charge >= 0.3 is 0 Å². The molecule has 6 heteroatoms. The summed E-state index contributed by atoms with van der Waals surface area (Å²) in [7, 11) is 0. The largest absolute Gasteiger partial charge is 0.376 e. The van der Waals surface area contributed by atoms with E-state index >= 15 is 0 Å². The lowest BCUT2D eigenvalue weighted by atomic mass is 10.2. The van der Waals surface area contributed by atoms with Gasteiger partial charge in [0.25, 0.3) is 0 Å². The summed E-state index contributed by atoms with van der Waals surface area (Å²) in [5.41, 5.74) is 0.955. The lowest BCUT2D eigenvalue weighted by Crippen LogP contribution is -2.45. The highest BCUT2D eigenvalue weighted by Gasteiger charge is 2.28. The first-order valence-corrected chi connectivity index (χ1v) is 7.53. The van der Waals surface area contributed by atoms with Gasteiger partial charge < -0.3 is 14.8 Å². The second-order valence-electron chi connectivity index (χ2n) is 4.61. The Kier molecular flexibility index (Phi) is 4.60. The molecule has 1 saturated heterocycles. The second kappa shape index (κ2) is 5.67. The number of rotatable bonds is 2. The van der Waals surface area contributed by atoms with Crippen molar-refractivity contribution in [2.45, 2.75) is 25.7 Å². The van der Waals surface area contributed by atoms with Gasteiger partial charge in [-0.1, -0.05) is 11.6 Å². The third-order valence-electron chi connectivity index (χ3n) is 2.62. The number of nitrogens with one attached hydrogen (secondary N) is 1. The first-order valence-electron chi connectivity index (χ1n) is 5.56. The van der Waals surface area contributed by atoms with E-state index in [9.17, 15) is 0 Å². The summed E-state index contributed by atoms with van der Waals surface area (Å²) in [6.45, 7) is 5.04. The number of benzene rings is 1. The van der Waals surface area contributed by atoms with Crippen molar-refractivity contribution in [1.82, 2.24) is 0 Å². The topological polar surface area (TPSA) is 30.5 Å². The zero-order chi connectivity index (χ0) is 13.3. The van der Waals surface area contributed by atoms with Crippen LogP contribution in [0.4, 0.5) is 5.69 Å². The molecule has 18 heavy (non-hydrogen) atoms. The summed E-state index contributed by atoms with van der Waals surface area (Å²) < 4.78 is 13.0. The third kappa shape index (κ3) is 3.61. The van der Waals surface area contributed by atoms with Crippen LogP contribution in [0, 0.1) is 0 Å². The van der Waals surface area contributed by atoms with Gasteiger partial charge in [-0.25, -0.2) is 0 Å². The van der Waals surface area contributed by atoms with Crippen LogP contribution in [-0.4, -0.2) is 25.0 Å². The highest BCUT2D eigenvalue weighted by molar-refractivity contribution is 9.11. The molecule has 1 heterocycles. The van der Waals surface area contributed by atoms with Crippen molar-refractivity contribution in [3.8, 4) is 0 Å². The summed E-state index contributed by atoms with van der Waals surface area (Å²) in [5, 5.41) is 4.06. The predicted octanol–water partition coefficient (Wildman–Crippen LogP) is 4.43. The van der Waals surface area contributed by atoms with Gasteiger partial charge in [0.2, 0.25) is 0 Å². The maximum atomic E-state index is 5.97. The van der Waals surface area contributed by atoms with Crippen molar-refractivity contribution >= 4 is 49.1 Å². The molecule has 0 radical (unpaired) electrons. The van der Waals surface area contributed by atoms with Gasteiger partial charge in [-0.15, -0.1) is 0 Å². The Hall–Kier alpha value is 0.190. The fourth-order valence-corrected chi connectivity index (χ4v) is 3.56. The Morgan fingerprint density at radius 2 is 1.72 bits per heavy atom. The monoisotopic (exact) mass is 397 g/mol. The normalized spacial score (nSPS) is 19.8. The lowest BCUT2D eigenvalue weighted by molar-refractivity contribution is -0.247. The Morgan fingerprint density at radius 1 is 1.22 bits per heavy atom. The van der Waals surface area contributed by atoms with Gasteiger partial charge in [0.15, 0.2) is 5.79 Å². The number of anilines is 1. The molecule has 2 rings (SSSR count). The number of halogens is 3. The number of hydrogen-bond donors (Lipinski definition) is 1. The maximum Gasteiger partial charge on any atom is 0.162 e. The Balaban J connectivity index is 2.07. The van der Waals surface area contributed by atoms with Gasteiger partial charge in [-0.2, -0.15) is 0 Å². The van der Waals surface area contributed by atoms with Crippen molar-refractivity contribution in [2.75, 3.05) is 18.5 Å². The minimum absolute atomic E-state index is 0.117. The molecule has 100 valence electrons. The average Bonchev–Trinajstić information content (AvgIpc) is 2.25. The van der Waals surface area contributed by atoms with Crippen molar-refractivity contribution in [2.24, 2.45) is 0 Å². The number of hydrogen-bond acceptors (Lipinski definition) is 3. The zero-order valence-electron chi connectivity index (χ0n) is 10.1. The van der Waals surface area contributed by atoms with E-state index in [1.54, 1.807) is 0 Å². The second-order valence-corrected chi connectivity index (χ2v) is 6.75. The minimum Gasteiger partial charge on any atom is -0.376 e. The van der Waals surface area contributed by atoms with Crippen LogP contribution in [0.25, 0.3) is 0 Å². The molecule has 0 atom stereocenters. The van der Waals surface area contributed by atoms with Crippen molar-refractivity contribution < 1.29 is 9.47 Å². The van der Waals surface area contributed by atoms with Crippen LogP contribution in [0.1, 0.15) is 13.8 Å². The van der Waals surface area contributed by atoms with E-state index in [1.807, 2.05) is 26.0 Å². The molecule has 1 aliphatic rings. The van der Waals surface area contributed by atoms with E-state index in [2.05, 4.69) is 37.2 Å². The number of ether oxygens (including phenoxy) is 2. The van der Waals surface area contributed by atoms with Crippen molar-refractivity contribution in [3.05, 3.63) is 26.1 Å². The molecule has 3 nitrogen and oxygen atoms in total. The first kappa shape index (κ1) is 14.6. The molecule has 0 saturated carbocycles. The fourth-order valence-electron chi connectivity index (χ4n) is 1.66. The summed E-state index contributed by atoms with van der Waals surface area (Å²) in [5.74, 6) is -0.493. The predicted molar refractivity (Wildman–Crippen MR) is 80.2 cm³/mol. The van der Waals surface area contributed by atoms with Gasteiger partial charge in [-0.3, -0.25) is 0 Å². The van der Waals surface area contributed by atoms with Gasteiger partial charge in [0.1, 0.15) is 0 Å².